The number of aromatic nitrogens is 2. The number of ether oxygens (including phenoxy) is 7. The quantitative estimate of drug-likeness (QED) is 0.0759. The normalized spacial score (nSPS) is 23.9. The van der Waals surface area contributed by atoms with Crippen LogP contribution in [0.15, 0.2) is 51.9 Å². The fourth-order valence-electron chi connectivity index (χ4n) is 7.96. The van der Waals surface area contributed by atoms with Gasteiger partial charge in [0.1, 0.15) is 30.8 Å². The number of hydrogen-bond acceptors (Lipinski definition) is 19. The van der Waals surface area contributed by atoms with Gasteiger partial charge in [0.2, 0.25) is 24.1 Å². The Morgan fingerprint density at radius 3 is 2.27 bits per heavy atom. The lowest BCUT2D eigenvalue weighted by molar-refractivity contribution is -0.173. The molecule has 21 nitrogen and oxygen atoms in total. The number of ketones is 1. The maximum Gasteiger partial charge on any atom is 0.337 e. The number of nitrogens with one attached hydrogen (secondary N) is 1. The molecule has 0 saturated heterocycles. The lowest BCUT2D eigenvalue weighted by atomic mass is 9.83. The van der Waals surface area contributed by atoms with Crippen LogP contribution in [0.25, 0.3) is 17.7 Å². The molecule has 0 aliphatic carbocycles. The first kappa shape index (κ1) is 59.4. The molecular formula is C50H72N4O17. The number of rotatable bonds is 20. The lowest BCUT2D eigenvalue weighted by Crippen LogP contribution is -2.42. The Morgan fingerprint density at radius 2 is 1.62 bits per heavy atom. The topological polar surface area (TPSA) is 272 Å². The van der Waals surface area contributed by atoms with Gasteiger partial charge in [-0.1, -0.05) is 52.8 Å². The van der Waals surface area contributed by atoms with E-state index in [1.165, 1.54) is 65.6 Å². The maximum absolute atomic E-state index is 13.6. The first-order chi connectivity index (χ1) is 33.7. The Labute approximate surface area is 415 Å². The summed E-state index contributed by atoms with van der Waals surface area (Å²) in [6.45, 7) is 10.1. The predicted octanol–water partition coefficient (Wildman–Crippen LogP) is 5.06. The molecule has 1 aliphatic rings. The summed E-state index contributed by atoms with van der Waals surface area (Å²) in [6.07, 6.45) is 6.89. The Bertz CT molecular complexity index is 2130. The first-order valence-corrected chi connectivity index (χ1v) is 23.6. The van der Waals surface area contributed by atoms with Gasteiger partial charge in [-0.25, -0.2) is 14.8 Å². The molecule has 0 spiro atoms. The highest BCUT2D eigenvalue weighted by Crippen LogP contribution is 2.32. The van der Waals surface area contributed by atoms with Crippen molar-refractivity contribution in [3.05, 3.63) is 54.6 Å². The minimum Gasteiger partial charge on any atom is -0.462 e. The summed E-state index contributed by atoms with van der Waals surface area (Å²) in [6, 6.07) is 0. The van der Waals surface area contributed by atoms with E-state index in [-0.39, 0.29) is 61.4 Å². The largest absolute Gasteiger partial charge is 0.462 e. The smallest absolute Gasteiger partial charge is 0.337 e. The monoisotopic (exact) mass is 1000 g/mol. The Morgan fingerprint density at radius 1 is 0.915 bits per heavy atom. The van der Waals surface area contributed by atoms with Crippen LogP contribution in [0.1, 0.15) is 103 Å². The maximum atomic E-state index is 13.6. The number of hydrogen-bond donors (Lipinski definition) is 2. The number of nitrogens with zero attached hydrogens (tertiary/aromatic N) is 3. The number of methoxy groups -OCH3 is 4. The van der Waals surface area contributed by atoms with Crippen molar-refractivity contribution in [2.75, 3.05) is 42.1 Å². The van der Waals surface area contributed by atoms with Gasteiger partial charge in [-0.05, 0) is 43.8 Å². The second-order valence-corrected chi connectivity index (χ2v) is 17.9. The van der Waals surface area contributed by atoms with E-state index in [9.17, 15) is 38.7 Å². The van der Waals surface area contributed by atoms with Gasteiger partial charge in [-0.15, -0.1) is 0 Å². The van der Waals surface area contributed by atoms with Crippen molar-refractivity contribution in [3.63, 3.8) is 0 Å². The standard InChI is InChI=1S/C50H72N4O17/c1-29(18-19-40(71-50(62)43(66-11)27-63-8)33(5)46(69-34(6)56)30(2)20-21-54(7)28-55)41(65-10)24-42-32(4)39(64-9)16-13-17-44-51-38(26-67-44)49-52-37(25-68-49)48(61)53-47(60)31(3)22-35(57)14-12-15-36(58)23-45(59)70-42/h12-14,17,20-21,25-26,28-33,36,39-43,46,58H,15-16,18-19,22-24,27H2,1-11H3,(H,53,60,61)/b14-12-,17-13-,21-20+. The third kappa shape index (κ3) is 19.3. The molecule has 0 fully saturated rings. The van der Waals surface area contributed by atoms with Gasteiger partial charge in [0, 0.05) is 85.1 Å². The Balaban J connectivity index is 1.95. The van der Waals surface area contributed by atoms with Gasteiger partial charge in [-0.3, -0.25) is 34.1 Å². The van der Waals surface area contributed by atoms with E-state index in [0.29, 0.717) is 19.3 Å². The number of allylic oxidation sites excluding steroid dienone is 1. The van der Waals surface area contributed by atoms with Crippen molar-refractivity contribution in [2.45, 2.75) is 129 Å². The molecule has 0 saturated carbocycles. The highest BCUT2D eigenvalue weighted by molar-refractivity contribution is 6.05. The summed E-state index contributed by atoms with van der Waals surface area (Å²) in [5.41, 5.74) is -0.0143. The predicted molar refractivity (Wildman–Crippen MR) is 254 cm³/mol. The molecule has 0 aromatic carbocycles. The molecule has 12 atom stereocenters. The van der Waals surface area contributed by atoms with Gasteiger partial charge in [0.25, 0.3) is 5.91 Å². The molecule has 3 heterocycles. The summed E-state index contributed by atoms with van der Waals surface area (Å²) in [4.78, 5) is 98.9. The molecule has 0 radical (unpaired) electrons. The SMILES string of the molecule is COCC(OC)C(=O)OC(CCC(C)C(CC1OC(=O)CC(O)C/C=C\C(=O)CC(C)C(=O)NC(=O)c2coc(n2)-c2coc(n2)/C=C\CC(OC)C1C)OC)C(C)C(OC(C)=O)C(C)/C=C/N(C)C=O. The van der Waals surface area contributed by atoms with Crippen LogP contribution >= 0.6 is 0 Å². The number of aliphatic hydroxyl groups excluding tert-OH is 1. The zero-order valence-electron chi connectivity index (χ0n) is 42.6. The highest BCUT2D eigenvalue weighted by atomic mass is 16.6. The first-order valence-electron chi connectivity index (χ1n) is 23.6. The number of carbonyl (C=O) groups excluding carboxylic acids is 7. The molecule has 2 aromatic heterocycles. The zero-order valence-corrected chi connectivity index (χ0v) is 42.6. The second kappa shape index (κ2) is 30.1. The van der Waals surface area contributed by atoms with E-state index in [0.717, 1.165) is 6.26 Å². The van der Waals surface area contributed by atoms with E-state index in [4.69, 9.17) is 42.0 Å². The van der Waals surface area contributed by atoms with Gasteiger partial charge in [-0.2, -0.15) is 0 Å². The van der Waals surface area contributed by atoms with Crippen molar-refractivity contribution in [3.8, 4) is 11.6 Å². The third-order valence-electron chi connectivity index (χ3n) is 12.3. The van der Waals surface area contributed by atoms with E-state index in [1.54, 1.807) is 31.5 Å². The van der Waals surface area contributed by atoms with Crippen LogP contribution in [-0.4, -0.2) is 147 Å². The number of carbonyl (C=O) groups is 7. The van der Waals surface area contributed by atoms with Gasteiger partial charge in [0.15, 0.2) is 23.3 Å². The fourth-order valence-corrected chi connectivity index (χ4v) is 7.96. The van der Waals surface area contributed by atoms with Crippen LogP contribution in [0.2, 0.25) is 0 Å². The summed E-state index contributed by atoms with van der Waals surface area (Å²) >= 11 is 0. The van der Waals surface area contributed by atoms with Crippen LogP contribution < -0.4 is 5.32 Å². The number of esters is 3. The van der Waals surface area contributed by atoms with Gasteiger partial charge in [0.05, 0.1) is 31.3 Å². The molecule has 2 aromatic rings. The van der Waals surface area contributed by atoms with Crippen molar-refractivity contribution < 1.29 is 80.7 Å². The molecule has 2 N–H and O–H groups in total. The number of imide groups is 1. The number of aliphatic hydroxyl groups is 1. The average Bonchev–Trinajstić information content (AvgIpc) is 4.03. The molecule has 4 bridgehead atoms. The molecule has 12 unspecified atom stereocenters. The van der Waals surface area contributed by atoms with Crippen molar-refractivity contribution in [1.29, 1.82) is 0 Å². The van der Waals surface area contributed by atoms with Crippen LogP contribution in [0.4, 0.5) is 0 Å². The second-order valence-electron chi connectivity index (χ2n) is 17.9. The number of oxazole rings is 2. The molecule has 394 valence electrons. The van der Waals surface area contributed by atoms with Crippen LogP contribution in [-0.2, 0) is 61.9 Å². The summed E-state index contributed by atoms with van der Waals surface area (Å²) in [7, 11) is 7.42. The van der Waals surface area contributed by atoms with E-state index >= 15 is 0 Å². The van der Waals surface area contributed by atoms with Gasteiger partial charge < -0.3 is 52.0 Å². The highest BCUT2D eigenvalue weighted by Gasteiger charge is 2.38. The van der Waals surface area contributed by atoms with Gasteiger partial charge >= 0.3 is 17.9 Å². The molecule has 1 aliphatic heterocycles. The number of fused-ring (bicyclic) bond motifs is 5. The lowest BCUT2D eigenvalue weighted by Gasteiger charge is -2.35. The molecular weight excluding hydrogens is 929 g/mol. The minimum absolute atomic E-state index is 0.0382. The van der Waals surface area contributed by atoms with Crippen LogP contribution in [0.3, 0.4) is 0 Å². The van der Waals surface area contributed by atoms with Crippen LogP contribution in [0, 0.1) is 29.6 Å². The summed E-state index contributed by atoms with van der Waals surface area (Å²) < 4.78 is 51.6. The molecule has 21 heteroatoms. The average molecular weight is 1000 g/mol. The van der Waals surface area contributed by atoms with Crippen molar-refractivity contribution in [1.82, 2.24) is 20.2 Å². The van der Waals surface area contributed by atoms with E-state index in [1.807, 2.05) is 27.7 Å². The summed E-state index contributed by atoms with van der Waals surface area (Å²) in [5.74, 6) is -6.39. The summed E-state index contributed by atoms with van der Waals surface area (Å²) in [5, 5.41) is 13.1. The van der Waals surface area contributed by atoms with E-state index < -0.39 is 108 Å². The van der Waals surface area contributed by atoms with Crippen molar-refractivity contribution in [2.24, 2.45) is 29.6 Å². The molecule has 71 heavy (non-hydrogen) atoms. The number of cyclic esters (lactones) is 1. The minimum atomic E-state index is -1.23. The number of amides is 3. The van der Waals surface area contributed by atoms with Crippen molar-refractivity contribution >= 4 is 48.0 Å². The Hall–Kier alpha value is -5.87. The van der Waals surface area contributed by atoms with Crippen LogP contribution in [0.5, 0.6) is 0 Å². The Kier molecular flexibility index (Phi) is 25.2. The zero-order chi connectivity index (χ0) is 52.8. The molecule has 3 amide bonds. The third-order valence-corrected chi connectivity index (χ3v) is 12.3. The molecule has 3 rings (SSSR count). The van der Waals surface area contributed by atoms with E-state index in [2.05, 4.69) is 15.3 Å². The fraction of sp³-hybridized carbons (Fsp3) is 0.620.